The molecule has 1 aromatic carbocycles. The molecule has 1 saturated heterocycles. The molecule has 1 heterocycles. The first-order valence-electron chi connectivity index (χ1n) is 5.81. The molecule has 0 spiro atoms. The van der Waals surface area contributed by atoms with Crippen molar-refractivity contribution in [3.05, 3.63) is 29.8 Å². The van der Waals surface area contributed by atoms with Gasteiger partial charge in [-0.3, -0.25) is 0 Å². The minimum atomic E-state index is -4.36. The van der Waals surface area contributed by atoms with Gasteiger partial charge in [0.2, 0.25) is 0 Å². The molecule has 0 bridgehead atoms. The number of anilines is 1. The maximum Gasteiger partial charge on any atom is 0.302 e. The quantitative estimate of drug-likeness (QED) is 0.775. The Morgan fingerprint density at radius 2 is 1.71 bits per heavy atom. The van der Waals surface area contributed by atoms with Gasteiger partial charge in [0.25, 0.3) is 0 Å². The average molecular weight is 257 g/mol. The first-order chi connectivity index (χ1) is 8.04. The summed E-state index contributed by atoms with van der Waals surface area (Å²) in [7, 11) is -4.36. The van der Waals surface area contributed by atoms with Gasteiger partial charge in [-0.05, 0) is 37.0 Å². The van der Waals surface area contributed by atoms with Crippen molar-refractivity contribution in [2.24, 2.45) is 0 Å². The van der Waals surface area contributed by atoms with Gasteiger partial charge in [-0.25, -0.2) is 0 Å². The number of hydrogen-bond donors (Lipinski definition) is 0. The van der Waals surface area contributed by atoms with Crippen molar-refractivity contribution in [1.82, 2.24) is 0 Å². The van der Waals surface area contributed by atoms with Gasteiger partial charge in [0.15, 0.2) is 0 Å². The molecule has 0 atom stereocenters. The third-order valence-electron chi connectivity index (χ3n) is 3.04. The van der Waals surface area contributed by atoms with Crippen molar-refractivity contribution >= 4 is 15.9 Å². The van der Waals surface area contributed by atoms with Crippen LogP contribution in [0.4, 0.5) is 9.57 Å². The fourth-order valence-electron chi connectivity index (χ4n) is 2.09. The first kappa shape index (κ1) is 12.4. The van der Waals surface area contributed by atoms with E-state index in [9.17, 15) is 12.3 Å². The molecule has 0 aliphatic carbocycles. The van der Waals surface area contributed by atoms with E-state index in [-0.39, 0.29) is 6.42 Å². The highest BCUT2D eigenvalue weighted by molar-refractivity contribution is 7.86. The predicted octanol–water partition coefficient (Wildman–Crippen LogP) is 2.13. The second-order valence-corrected chi connectivity index (χ2v) is 5.84. The summed E-state index contributed by atoms with van der Waals surface area (Å²) in [5, 5.41) is 0. The Labute approximate surface area is 101 Å². The predicted molar refractivity (Wildman–Crippen MR) is 66.5 cm³/mol. The van der Waals surface area contributed by atoms with Crippen molar-refractivity contribution in [2.75, 3.05) is 23.7 Å². The second kappa shape index (κ2) is 5.04. The smallest absolute Gasteiger partial charge is 0.302 e. The van der Waals surface area contributed by atoms with Gasteiger partial charge in [0.1, 0.15) is 0 Å². The maximum absolute atomic E-state index is 12.4. The molecule has 0 amide bonds. The first-order valence-corrected chi connectivity index (χ1v) is 7.36. The number of halogens is 1. The van der Waals surface area contributed by atoms with Crippen LogP contribution in [-0.4, -0.2) is 27.3 Å². The third kappa shape index (κ3) is 3.70. The summed E-state index contributed by atoms with van der Waals surface area (Å²) in [6.07, 6.45) is 2.68. The van der Waals surface area contributed by atoms with Crippen LogP contribution in [0.15, 0.2) is 24.3 Å². The van der Waals surface area contributed by atoms with Crippen LogP contribution in [0.2, 0.25) is 0 Å². The molecular formula is C12H16FNO2S. The van der Waals surface area contributed by atoms with E-state index in [1.165, 1.54) is 12.8 Å². The minimum absolute atomic E-state index is 0.235. The van der Waals surface area contributed by atoms with E-state index in [0.29, 0.717) is 0 Å². The number of aryl methyl sites for hydroxylation is 1. The molecule has 1 aromatic rings. The maximum atomic E-state index is 12.4. The van der Waals surface area contributed by atoms with Gasteiger partial charge < -0.3 is 4.90 Å². The van der Waals surface area contributed by atoms with E-state index >= 15 is 0 Å². The molecule has 1 aliphatic heterocycles. The Morgan fingerprint density at radius 1 is 1.12 bits per heavy atom. The van der Waals surface area contributed by atoms with Crippen molar-refractivity contribution in [3.63, 3.8) is 0 Å². The summed E-state index contributed by atoms with van der Waals surface area (Å²) in [4.78, 5) is 2.30. The minimum Gasteiger partial charge on any atom is -0.372 e. The van der Waals surface area contributed by atoms with E-state index in [0.717, 1.165) is 24.3 Å². The standard InChI is InChI=1S/C12H16FNO2S/c13-17(15,16)10-7-11-3-5-12(6-4-11)14-8-1-2-9-14/h3-6H,1-2,7-10H2. The lowest BCUT2D eigenvalue weighted by molar-refractivity contribution is 0.551. The van der Waals surface area contributed by atoms with Gasteiger partial charge in [-0.2, -0.15) is 8.42 Å². The fourth-order valence-corrected chi connectivity index (χ4v) is 2.57. The van der Waals surface area contributed by atoms with Gasteiger partial charge in [0.05, 0.1) is 5.75 Å². The molecular weight excluding hydrogens is 241 g/mol. The van der Waals surface area contributed by atoms with Gasteiger partial charge in [-0.1, -0.05) is 12.1 Å². The normalized spacial score (nSPS) is 16.4. The molecule has 5 heteroatoms. The summed E-state index contributed by atoms with van der Waals surface area (Å²) >= 11 is 0. The highest BCUT2D eigenvalue weighted by atomic mass is 32.3. The number of nitrogens with zero attached hydrogens (tertiary/aromatic N) is 1. The van der Waals surface area contributed by atoms with Gasteiger partial charge in [-0.15, -0.1) is 3.89 Å². The summed E-state index contributed by atoms with van der Waals surface area (Å²) in [6, 6.07) is 7.70. The van der Waals surface area contributed by atoms with Crippen LogP contribution < -0.4 is 4.90 Å². The zero-order chi connectivity index (χ0) is 12.3. The molecule has 3 nitrogen and oxygen atoms in total. The van der Waals surface area contributed by atoms with Crippen molar-refractivity contribution in [1.29, 1.82) is 0 Å². The molecule has 0 radical (unpaired) electrons. The second-order valence-electron chi connectivity index (χ2n) is 4.35. The van der Waals surface area contributed by atoms with E-state index in [4.69, 9.17) is 0 Å². The van der Waals surface area contributed by atoms with Crippen LogP contribution in [-0.2, 0) is 16.6 Å². The monoisotopic (exact) mass is 257 g/mol. The number of rotatable bonds is 4. The summed E-state index contributed by atoms with van der Waals surface area (Å²) in [5.41, 5.74) is 2.02. The highest BCUT2D eigenvalue weighted by Crippen LogP contribution is 2.20. The highest BCUT2D eigenvalue weighted by Gasteiger charge is 2.12. The summed E-state index contributed by atoms with van der Waals surface area (Å²) in [5.74, 6) is -0.434. The Balaban J connectivity index is 1.97. The van der Waals surface area contributed by atoms with E-state index in [2.05, 4.69) is 4.90 Å². The Bertz CT molecular complexity index is 464. The molecule has 0 N–H and O–H groups in total. The lowest BCUT2D eigenvalue weighted by Crippen LogP contribution is -2.17. The van der Waals surface area contributed by atoms with Gasteiger partial charge in [0, 0.05) is 18.8 Å². The van der Waals surface area contributed by atoms with E-state index in [1.807, 2.05) is 24.3 Å². The van der Waals surface area contributed by atoms with Crippen LogP contribution in [0.25, 0.3) is 0 Å². The van der Waals surface area contributed by atoms with Crippen LogP contribution in [0.3, 0.4) is 0 Å². The van der Waals surface area contributed by atoms with Crippen LogP contribution in [0, 0.1) is 0 Å². The third-order valence-corrected chi connectivity index (χ3v) is 3.73. The summed E-state index contributed by atoms with van der Waals surface area (Å²) in [6.45, 7) is 2.16. The van der Waals surface area contributed by atoms with Gasteiger partial charge >= 0.3 is 10.2 Å². The zero-order valence-electron chi connectivity index (χ0n) is 9.60. The Kier molecular flexibility index (Phi) is 3.66. The van der Waals surface area contributed by atoms with Crippen molar-refractivity contribution in [3.8, 4) is 0 Å². The largest absolute Gasteiger partial charge is 0.372 e. The molecule has 0 saturated carbocycles. The Hall–Kier alpha value is -1.10. The topological polar surface area (TPSA) is 37.4 Å². The SMILES string of the molecule is O=S(=O)(F)CCc1ccc(N2CCCC2)cc1. The molecule has 0 aromatic heterocycles. The average Bonchev–Trinajstić information content (AvgIpc) is 2.79. The molecule has 1 aliphatic rings. The van der Waals surface area contributed by atoms with E-state index in [1.54, 1.807) is 0 Å². The Morgan fingerprint density at radius 3 is 2.24 bits per heavy atom. The lowest BCUT2D eigenvalue weighted by atomic mass is 10.1. The zero-order valence-corrected chi connectivity index (χ0v) is 10.4. The van der Waals surface area contributed by atoms with Crippen LogP contribution >= 0.6 is 0 Å². The summed E-state index contributed by atoms with van der Waals surface area (Å²) < 4.78 is 33.2. The van der Waals surface area contributed by atoms with Crippen LogP contribution in [0.1, 0.15) is 18.4 Å². The van der Waals surface area contributed by atoms with Crippen molar-refractivity contribution in [2.45, 2.75) is 19.3 Å². The fraction of sp³-hybridized carbons (Fsp3) is 0.500. The number of benzene rings is 1. The molecule has 2 rings (SSSR count). The lowest BCUT2D eigenvalue weighted by Gasteiger charge is -2.17. The molecule has 0 unspecified atom stereocenters. The van der Waals surface area contributed by atoms with E-state index < -0.39 is 16.0 Å². The molecule has 17 heavy (non-hydrogen) atoms. The molecule has 1 fully saturated rings. The number of hydrogen-bond acceptors (Lipinski definition) is 3. The van der Waals surface area contributed by atoms with Crippen LogP contribution in [0.5, 0.6) is 0 Å². The molecule has 94 valence electrons. The van der Waals surface area contributed by atoms with Crippen molar-refractivity contribution < 1.29 is 12.3 Å².